The number of methoxy groups -OCH3 is 1. The lowest BCUT2D eigenvalue weighted by Gasteiger charge is -2.35. The molecule has 0 amide bonds. The molecule has 0 radical (unpaired) electrons. The monoisotopic (exact) mass is 625 g/mol. The zero-order valence-electron chi connectivity index (χ0n) is 23.7. The molecule has 0 heterocycles. The lowest BCUT2D eigenvalue weighted by atomic mass is 9.82. The average Bonchev–Trinajstić information content (AvgIpc) is 3.42. The van der Waals surface area contributed by atoms with Crippen LogP contribution in [0.15, 0.2) is 51.7 Å². The summed E-state index contributed by atoms with van der Waals surface area (Å²) >= 11 is 0. The van der Waals surface area contributed by atoms with E-state index in [-0.39, 0.29) is 17.5 Å². The van der Waals surface area contributed by atoms with Crippen LogP contribution in [0, 0.1) is 5.92 Å². The Kier molecular flexibility index (Phi) is 10.4. The van der Waals surface area contributed by atoms with Gasteiger partial charge in [0.05, 0.1) is 22.3 Å². The molecule has 0 aliphatic heterocycles. The Labute approximate surface area is 242 Å². The highest BCUT2D eigenvalue weighted by Gasteiger charge is 2.39. The van der Waals surface area contributed by atoms with Gasteiger partial charge in [0.25, 0.3) is 5.96 Å². The molecule has 1 unspecified atom stereocenters. The molecule has 1 aliphatic rings. The van der Waals surface area contributed by atoms with Crippen molar-refractivity contribution in [1.29, 1.82) is 0 Å². The maximum absolute atomic E-state index is 13.8. The van der Waals surface area contributed by atoms with Gasteiger partial charge in [0.2, 0.25) is 0 Å². The van der Waals surface area contributed by atoms with E-state index in [2.05, 4.69) is 15.3 Å². The van der Waals surface area contributed by atoms with Gasteiger partial charge in [-0.15, -0.1) is 10.2 Å². The van der Waals surface area contributed by atoms with Crippen LogP contribution < -0.4 is 5.84 Å². The van der Waals surface area contributed by atoms with Crippen LogP contribution in [0.4, 0.5) is 39.5 Å². The molecule has 1 atom stereocenters. The highest BCUT2D eigenvalue weighted by molar-refractivity contribution is 5.80. The summed E-state index contributed by atoms with van der Waals surface area (Å²) in [7, 11) is 2.64. The Balaban J connectivity index is 2.17. The number of rotatable bonds is 8. The second-order valence-electron chi connectivity index (χ2n) is 10.7. The maximum Gasteiger partial charge on any atom is 0.416 e. The number of benzene rings is 2. The summed E-state index contributed by atoms with van der Waals surface area (Å²) in [5.74, 6) is 5.27. The van der Waals surface area contributed by atoms with Crippen molar-refractivity contribution in [2.45, 2.75) is 76.2 Å². The minimum absolute atomic E-state index is 0.0184. The molecule has 2 aromatic rings. The third-order valence-electron chi connectivity index (χ3n) is 7.58. The van der Waals surface area contributed by atoms with E-state index in [1.807, 2.05) is 0 Å². The van der Waals surface area contributed by atoms with Crippen LogP contribution >= 0.6 is 0 Å². The topological polar surface area (TPSA) is 75.6 Å². The van der Waals surface area contributed by atoms with Gasteiger partial charge in [-0.25, -0.2) is 0 Å². The number of halogens is 9. The lowest BCUT2D eigenvalue weighted by Crippen LogP contribution is -2.33. The Morgan fingerprint density at radius 2 is 1.42 bits per heavy atom. The van der Waals surface area contributed by atoms with E-state index in [4.69, 9.17) is 10.6 Å². The van der Waals surface area contributed by atoms with Crippen LogP contribution in [-0.4, -0.2) is 25.0 Å². The highest BCUT2D eigenvalue weighted by atomic mass is 19.4. The zero-order valence-corrected chi connectivity index (χ0v) is 23.7. The molecule has 0 saturated heterocycles. The van der Waals surface area contributed by atoms with Crippen LogP contribution in [-0.2, 0) is 42.0 Å². The second-order valence-corrected chi connectivity index (χ2v) is 10.7. The van der Waals surface area contributed by atoms with Gasteiger partial charge in [-0.2, -0.15) is 44.6 Å². The standard InChI is InChI=1S/C28H32F9N5O/c1-25(43-3,14-17-6-4-5-7-17)23-9-8-20(26(29,30)31)12-19(23)16-42(24(40-38)41-39-2)15-18-10-21(27(32,33)34)13-22(11-18)28(35,36)37/h8-13,17H,4-7,14-16,38H2,1-3H3. The predicted octanol–water partition coefficient (Wildman–Crippen LogP) is 8.50. The third kappa shape index (κ3) is 8.61. The maximum atomic E-state index is 13.8. The Morgan fingerprint density at radius 1 is 0.860 bits per heavy atom. The normalized spacial score (nSPS) is 17.1. The lowest BCUT2D eigenvalue weighted by molar-refractivity contribution is -0.143. The van der Waals surface area contributed by atoms with E-state index in [1.54, 1.807) is 6.92 Å². The molecule has 0 bridgehead atoms. The molecule has 2 aromatic carbocycles. The van der Waals surface area contributed by atoms with E-state index in [9.17, 15) is 39.5 Å². The third-order valence-corrected chi connectivity index (χ3v) is 7.58. The molecule has 43 heavy (non-hydrogen) atoms. The van der Waals surface area contributed by atoms with Crippen molar-refractivity contribution in [2.75, 3.05) is 14.2 Å². The van der Waals surface area contributed by atoms with Gasteiger partial charge in [-0.05, 0) is 66.3 Å². The summed E-state index contributed by atoms with van der Waals surface area (Å²) in [5, 5.41) is 10.7. The Bertz CT molecular complexity index is 1280. The number of ether oxygens (including phenoxy) is 1. The molecule has 238 valence electrons. The molecule has 1 fully saturated rings. The molecule has 2 N–H and O–H groups in total. The minimum atomic E-state index is -5.11. The van der Waals surface area contributed by atoms with Gasteiger partial charge >= 0.3 is 18.5 Å². The van der Waals surface area contributed by atoms with Gasteiger partial charge in [0.1, 0.15) is 0 Å². The van der Waals surface area contributed by atoms with Gasteiger partial charge in [-0.3, -0.25) is 0 Å². The van der Waals surface area contributed by atoms with Crippen molar-refractivity contribution in [3.63, 3.8) is 0 Å². The van der Waals surface area contributed by atoms with Gasteiger partial charge < -0.3 is 15.5 Å². The molecule has 0 spiro atoms. The smallest absolute Gasteiger partial charge is 0.374 e. The van der Waals surface area contributed by atoms with Crippen LogP contribution in [0.2, 0.25) is 0 Å². The van der Waals surface area contributed by atoms with E-state index in [0.29, 0.717) is 24.1 Å². The van der Waals surface area contributed by atoms with E-state index in [1.165, 1.54) is 20.2 Å². The molecule has 0 aromatic heterocycles. The summed E-state index contributed by atoms with van der Waals surface area (Å²) in [5.41, 5.74) is -5.22. The fourth-order valence-corrected chi connectivity index (χ4v) is 5.48. The van der Waals surface area contributed by atoms with Crippen molar-refractivity contribution in [3.8, 4) is 0 Å². The summed E-state index contributed by atoms with van der Waals surface area (Å²) in [6.45, 7) is 0.577. The first-order chi connectivity index (χ1) is 19.9. The summed E-state index contributed by atoms with van der Waals surface area (Å²) < 4.78 is 128. The number of hydrazone groups is 1. The van der Waals surface area contributed by atoms with Crippen LogP contribution in [0.3, 0.4) is 0 Å². The Morgan fingerprint density at radius 3 is 1.88 bits per heavy atom. The fourth-order valence-electron chi connectivity index (χ4n) is 5.48. The zero-order chi connectivity index (χ0) is 32.2. The molecule has 3 rings (SSSR count). The number of nitrogens with two attached hydrogens (primary N) is 1. The molecule has 15 heteroatoms. The first kappa shape index (κ1) is 34.1. The van der Waals surface area contributed by atoms with Crippen molar-refractivity contribution >= 4 is 5.96 Å². The molecular formula is C28H32F9N5O. The van der Waals surface area contributed by atoms with Crippen LogP contribution in [0.5, 0.6) is 0 Å². The minimum Gasteiger partial charge on any atom is -0.374 e. The number of hydrogen-bond donors (Lipinski definition) is 1. The second kappa shape index (κ2) is 13.1. The number of azo groups is 1. The summed E-state index contributed by atoms with van der Waals surface area (Å²) in [6, 6.07) is 4.08. The molecule has 6 nitrogen and oxygen atoms in total. The van der Waals surface area contributed by atoms with Gasteiger partial charge in [-0.1, -0.05) is 31.7 Å². The van der Waals surface area contributed by atoms with E-state index in [0.717, 1.165) is 42.7 Å². The van der Waals surface area contributed by atoms with Crippen molar-refractivity contribution in [3.05, 3.63) is 69.8 Å². The molecule has 1 aliphatic carbocycles. The first-order valence-electron chi connectivity index (χ1n) is 13.3. The number of nitrogens with zero attached hydrogens (tertiary/aromatic N) is 4. The largest absolute Gasteiger partial charge is 0.416 e. The van der Waals surface area contributed by atoms with Crippen LogP contribution in [0.1, 0.15) is 72.4 Å². The van der Waals surface area contributed by atoms with Gasteiger partial charge in [0.15, 0.2) is 0 Å². The summed E-state index contributed by atoms with van der Waals surface area (Å²) in [4.78, 5) is 1.06. The van der Waals surface area contributed by atoms with Crippen molar-refractivity contribution in [1.82, 2.24) is 4.90 Å². The fraction of sp³-hybridized carbons (Fsp3) is 0.536. The average molecular weight is 626 g/mol. The molecule has 1 saturated carbocycles. The van der Waals surface area contributed by atoms with Crippen molar-refractivity contribution in [2.24, 2.45) is 27.1 Å². The number of alkyl halides is 9. The quantitative estimate of drug-likeness (QED) is 0.0799. The SMILES string of the molecule is CN=NC(=NN)N(Cc1cc(C(F)(F)F)cc(C(F)(F)F)c1)Cc1cc(C(F)(F)F)ccc1C(C)(CC1CCCC1)OC. The summed E-state index contributed by atoms with van der Waals surface area (Å²) in [6.07, 6.45) is -10.6. The van der Waals surface area contributed by atoms with Crippen molar-refractivity contribution < 1.29 is 44.3 Å². The van der Waals surface area contributed by atoms with Gasteiger partial charge in [0, 0.05) is 27.2 Å². The predicted molar refractivity (Wildman–Crippen MR) is 140 cm³/mol. The van der Waals surface area contributed by atoms with E-state index >= 15 is 0 Å². The molecular weight excluding hydrogens is 593 g/mol. The number of hydrogen-bond acceptors (Lipinski definition) is 4. The number of guanidine groups is 1. The highest BCUT2D eigenvalue weighted by Crippen LogP contribution is 2.42. The van der Waals surface area contributed by atoms with E-state index < -0.39 is 65.4 Å². The Hall–Kier alpha value is -3.36. The van der Waals surface area contributed by atoms with Crippen LogP contribution in [0.25, 0.3) is 0 Å². The first-order valence-corrected chi connectivity index (χ1v) is 13.3.